The summed E-state index contributed by atoms with van der Waals surface area (Å²) in [5.74, 6) is 0.174. The number of halogens is 1. The van der Waals surface area contributed by atoms with E-state index in [1.54, 1.807) is 6.08 Å². The van der Waals surface area contributed by atoms with Gasteiger partial charge in [-0.25, -0.2) is 0 Å². The summed E-state index contributed by atoms with van der Waals surface area (Å²) in [4.78, 5) is 0. The fourth-order valence-corrected chi connectivity index (χ4v) is 0.844. The van der Waals surface area contributed by atoms with E-state index in [4.69, 9.17) is 16.7 Å². The molecule has 0 aliphatic rings. The number of rotatable bonds is 3. The average Bonchev–Trinajstić information content (AvgIpc) is 1.87. The molecule has 0 radical (unpaired) electrons. The third-order valence-electron chi connectivity index (χ3n) is 1.40. The van der Waals surface area contributed by atoms with Gasteiger partial charge in [-0.2, -0.15) is 0 Å². The highest BCUT2D eigenvalue weighted by atomic mass is 35.5. The summed E-state index contributed by atoms with van der Waals surface area (Å²) in [5.41, 5.74) is 1.45. The molecular weight excluding hydrogens is 136 g/mol. The van der Waals surface area contributed by atoms with E-state index in [2.05, 4.69) is 0 Å². The van der Waals surface area contributed by atoms with Gasteiger partial charge in [-0.05, 0) is 6.42 Å². The Morgan fingerprint density at radius 3 is 2.56 bits per heavy atom. The fraction of sp³-hybridized carbons (Fsp3) is 0.714. The van der Waals surface area contributed by atoms with Crippen molar-refractivity contribution in [1.29, 1.82) is 0 Å². The van der Waals surface area contributed by atoms with Crippen molar-refractivity contribution < 1.29 is 5.11 Å². The van der Waals surface area contributed by atoms with Crippen LogP contribution in [0, 0.1) is 5.92 Å². The Balaban J connectivity index is 3.58. The highest BCUT2D eigenvalue weighted by Gasteiger charge is 2.06. The van der Waals surface area contributed by atoms with Crippen molar-refractivity contribution in [3.05, 3.63) is 11.6 Å². The summed E-state index contributed by atoms with van der Waals surface area (Å²) in [6.07, 6.45) is 2.32. The molecule has 0 saturated carbocycles. The third kappa shape index (κ3) is 3.55. The minimum atomic E-state index is -0.250. The first-order valence-electron chi connectivity index (χ1n) is 3.17. The topological polar surface area (TPSA) is 20.2 Å². The van der Waals surface area contributed by atoms with Crippen LogP contribution in [0.4, 0.5) is 0 Å². The average molecular weight is 149 g/mol. The van der Waals surface area contributed by atoms with Gasteiger partial charge in [0.2, 0.25) is 0 Å². The molecule has 0 amide bonds. The highest BCUT2D eigenvalue weighted by molar-refractivity contribution is 6.25. The van der Waals surface area contributed by atoms with E-state index >= 15 is 0 Å². The SMILES string of the molecule is CC[C@@H](O)[C@H](C)/C=C\Cl. The van der Waals surface area contributed by atoms with Crippen LogP contribution in [0.15, 0.2) is 11.6 Å². The summed E-state index contributed by atoms with van der Waals surface area (Å²) >= 11 is 5.31. The predicted molar refractivity (Wildman–Crippen MR) is 40.5 cm³/mol. The predicted octanol–water partition coefficient (Wildman–Crippen LogP) is 2.15. The summed E-state index contributed by atoms with van der Waals surface area (Å²) in [6, 6.07) is 0. The second kappa shape index (κ2) is 4.83. The Bertz CT molecular complexity index is 90.9. The van der Waals surface area contributed by atoms with Crippen LogP contribution in [0.3, 0.4) is 0 Å². The first-order chi connectivity index (χ1) is 4.22. The first kappa shape index (κ1) is 8.99. The molecule has 0 aromatic rings. The molecule has 0 aliphatic carbocycles. The molecule has 0 rings (SSSR count). The van der Waals surface area contributed by atoms with E-state index in [1.807, 2.05) is 13.8 Å². The minimum absolute atomic E-state index is 0.174. The van der Waals surface area contributed by atoms with Gasteiger partial charge in [0.25, 0.3) is 0 Å². The molecule has 0 heterocycles. The number of hydrogen-bond donors (Lipinski definition) is 1. The molecule has 0 fully saturated rings. The van der Waals surface area contributed by atoms with E-state index in [9.17, 15) is 0 Å². The molecule has 0 saturated heterocycles. The van der Waals surface area contributed by atoms with Gasteiger partial charge in [-0.1, -0.05) is 31.5 Å². The molecule has 9 heavy (non-hydrogen) atoms. The van der Waals surface area contributed by atoms with Crippen molar-refractivity contribution in [2.75, 3.05) is 0 Å². The first-order valence-corrected chi connectivity index (χ1v) is 3.61. The molecule has 2 atom stereocenters. The van der Waals surface area contributed by atoms with E-state index in [1.165, 1.54) is 5.54 Å². The Hall–Kier alpha value is -0.0100. The van der Waals surface area contributed by atoms with Crippen LogP contribution in [-0.2, 0) is 0 Å². The smallest absolute Gasteiger partial charge is 0.0597 e. The van der Waals surface area contributed by atoms with Crippen LogP contribution in [0.2, 0.25) is 0 Å². The molecule has 1 nitrogen and oxygen atoms in total. The zero-order valence-electron chi connectivity index (χ0n) is 5.84. The lowest BCUT2D eigenvalue weighted by Gasteiger charge is -2.11. The molecule has 1 N–H and O–H groups in total. The second-order valence-electron chi connectivity index (χ2n) is 2.15. The zero-order chi connectivity index (χ0) is 7.28. The van der Waals surface area contributed by atoms with Gasteiger partial charge in [-0.15, -0.1) is 0 Å². The summed E-state index contributed by atoms with van der Waals surface area (Å²) in [6.45, 7) is 3.89. The molecule has 0 bridgehead atoms. The Kier molecular flexibility index (Phi) is 4.83. The van der Waals surface area contributed by atoms with E-state index in [0.29, 0.717) is 0 Å². The van der Waals surface area contributed by atoms with E-state index in [-0.39, 0.29) is 12.0 Å². The van der Waals surface area contributed by atoms with Crippen LogP contribution < -0.4 is 0 Å². The maximum absolute atomic E-state index is 9.15. The van der Waals surface area contributed by atoms with Crippen molar-refractivity contribution in [2.24, 2.45) is 5.92 Å². The minimum Gasteiger partial charge on any atom is -0.393 e. The van der Waals surface area contributed by atoms with Crippen molar-refractivity contribution in [3.63, 3.8) is 0 Å². The van der Waals surface area contributed by atoms with Crippen molar-refractivity contribution in [1.82, 2.24) is 0 Å². The zero-order valence-corrected chi connectivity index (χ0v) is 6.60. The summed E-state index contributed by atoms with van der Waals surface area (Å²) < 4.78 is 0. The van der Waals surface area contributed by atoms with E-state index in [0.717, 1.165) is 6.42 Å². The van der Waals surface area contributed by atoms with Crippen LogP contribution >= 0.6 is 11.6 Å². The fourth-order valence-electron chi connectivity index (χ4n) is 0.615. The lowest BCUT2D eigenvalue weighted by atomic mass is 10.0. The molecule has 0 aromatic heterocycles. The normalized spacial score (nSPS) is 18.2. The Morgan fingerprint density at radius 1 is 1.67 bits per heavy atom. The Labute approximate surface area is 61.3 Å². The van der Waals surface area contributed by atoms with Crippen molar-refractivity contribution >= 4 is 11.6 Å². The van der Waals surface area contributed by atoms with Crippen molar-refractivity contribution in [3.8, 4) is 0 Å². The quantitative estimate of drug-likeness (QED) is 0.650. The summed E-state index contributed by atoms with van der Waals surface area (Å²) in [5, 5.41) is 9.15. The molecule has 2 heteroatoms. The third-order valence-corrected chi connectivity index (χ3v) is 1.55. The lowest BCUT2D eigenvalue weighted by Crippen LogP contribution is -2.13. The Morgan fingerprint density at radius 2 is 2.22 bits per heavy atom. The van der Waals surface area contributed by atoms with Gasteiger partial charge in [0.15, 0.2) is 0 Å². The van der Waals surface area contributed by atoms with Gasteiger partial charge in [0.05, 0.1) is 6.10 Å². The van der Waals surface area contributed by atoms with Gasteiger partial charge >= 0.3 is 0 Å². The highest BCUT2D eigenvalue weighted by Crippen LogP contribution is 2.07. The second-order valence-corrected chi connectivity index (χ2v) is 2.41. The van der Waals surface area contributed by atoms with Gasteiger partial charge in [-0.3, -0.25) is 0 Å². The maximum Gasteiger partial charge on any atom is 0.0597 e. The van der Waals surface area contributed by atoms with Crippen LogP contribution in [0.5, 0.6) is 0 Å². The van der Waals surface area contributed by atoms with Gasteiger partial charge in [0.1, 0.15) is 0 Å². The number of aliphatic hydroxyl groups is 1. The van der Waals surface area contributed by atoms with Crippen LogP contribution in [0.1, 0.15) is 20.3 Å². The van der Waals surface area contributed by atoms with Crippen molar-refractivity contribution in [2.45, 2.75) is 26.4 Å². The maximum atomic E-state index is 9.15. The van der Waals surface area contributed by atoms with Gasteiger partial charge < -0.3 is 5.11 Å². The largest absolute Gasteiger partial charge is 0.393 e. The van der Waals surface area contributed by atoms with Crippen LogP contribution in [-0.4, -0.2) is 11.2 Å². The standard InChI is InChI=1S/C7H13ClO/c1-3-7(9)6(2)4-5-8/h4-7,9H,3H2,1-2H3/b5-4-/t6-,7-/m1/s1. The summed E-state index contributed by atoms with van der Waals surface area (Å²) in [7, 11) is 0. The van der Waals surface area contributed by atoms with Gasteiger partial charge in [0, 0.05) is 11.5 Å². The number of hydrogen-bond acceptors (Lipinski definition) is 1. The molecule has 0 spiro atoms. The molecule has 0 unspecified atom stereocenters. The monoisotopic (exact) mass is 148 g/mol. The molecule has 54 valence electrons. The molecular formula is C7H13ClO. The number of aliphatic hydroxyl groups excluding tert-OH is 1. The van der Waals surface area contributed by atoms with E-state index < -0.39 is 0 Å². The lowest BCUT2D eigenvalue weighted by molar-refractivity contribution is 0.134. The molecule has 0 aliphatic heterocycles. The molecule has 0 aromatic carbocycles. The van der Waals surface area contributed by atoms with Crippen LogP contribution in [0.25, 0.3) is 0 Å².